The number of nitrogen functional groups attached to an aromatic ring is 1. The van der Waals surface area contributed by atoms with Crippen molar-refractivity contribution in [1.29, 1.82) is 5.41 Å². The van der Waals surface area contributed by atoms with Crippen LogP contribution in [0.25, 0.3) is 0 Å². The third kappa shape index (κ3) is 4.24. The van der Waals surface area contributed by atoms with E-state index in [0.717, 1.165) is 11.8 Å². The number of allylic oxidation sites excluding steroid dienone is 2. The molecule has 30 heavy (non-hydrogen) atoms. The van der Waals surface area contributed by atoms with Crippen molar-refractivity contribution in [3.63, 3.8) is 0 Å². The van der Waals surface area contributed by atoms with Crippen LogP contribution in [0.3, 0.4) is 0 Å². The lowest BCUT2D eigenvalue weighted by Gasteiger charge is -2.32. The SMILES string of the molecule is CC(C)Oc1cc(N)c(C=N)cc1N(N)C1=NCNC(N)=C1C(N)C1=CC=CNC1. The molecule has 0 bridgehead atoms. The van der Waals surface area contributed by atoms with Gasteiger partial charge in [-0.15, -0.1) is 0 Å². The van der Waals surface area contributed by atoms with Crippen LogP contribution in [0.1, 0.15) is 19.4 Å². The molecule has 1 aromatic rings. The van der Waals surface area contributed by atoms with Crippen LogP contribution in [0, 0.1) is 5.41 Å². The van der Waals surface area contributed by atoms with Crippen LogP contribution >= 0.6 is 0 Å². The van der Waals surface area contributed by atoms with Gasteiger partial charge in [0.05, 0.1) is 17.7 Å². The number of benzene rings is 1. The van der Waals surface area contributed by atoms with Crippen molar-refractivity contribution in [1.82, 2.24) is 10.6 Å². The first kappa shape index (κ1) is 21.2. The zero-order valence-electron chi connectivity index (χ0n) is 17.1. The van der Waals surface area contributed by atoms with E-state index in [-0.39, 0.29) is 12.8 Å². The molecule has 0 amide bonds. The second kappa shape index (κ2) is 8.89. The van der Waals surface area contributed by atoms with Crippen molar-refractivity contribution < 1.29 is 4.74 Å². The van der Waals surface area contributed by atoms with Gasteiger partial charge in [0.15, 0.2) is 5.84 Å². The van der Waals surface area contributed by atoms with Crippen LogP contribution in [-0.4, -0.2) is 37.4 Å². The molecule has 10 heteroatoms. The fraction of sp³-hybridized carbons (Fsp3) is 0.300. The summed E-state index contributed by atoms with van der Waals surface area (Å²) in [6, 6.07) is 2.82. The summed E-state index contributed by atoms with van der Waals surface area (Å²) in [5, 5.41) is 15.2. The predicted octanol–water partition coefficient (Wildman–Crippen LogP) is 0.234. The summed E-state index contributed by atoms with van der Waals surface area (Å²) < 4.78 is 5.92. The van der Waals surface area contributed by atoms with E-state index in [2.05, 4.69) is 15.6 Å². The largest absolute Gasteiger partial charge is 0.489 e. The van der Waals surface area contributed by atoms with E-state index in [1.165, 1.54) is 5.01 Å². The first-order valence-electron chi connectivity index (χ1n) is 9.61. The summed E-state index contributed by atoms with van der Waals surface area (Å²) in [5.74, 6) is 7.83. The van der Waals surface area contributed by atoms with Crippen LogP contribution in [0.15, 0.2) is 52.4 Å². The van der Waals surface area contributed by atoms with Gasteiger partial charge in [-0.05, 0) is 37.8 Å². The van der Waals surface area contributed by atoms with Gasteiger partial charge in [0, 0.05) is 30.1 Å². The first-order valence-corrected chi connectivity index (χ1v) is 9.61. The molecule has 0 aromatic heterocycles. The van der Waals surface area contributed by atoms with Crippen molar-refractivity contribution in [2.24, 2.45) is 22.3 Å². The Labute approximate surface area is 175 Å². The van der Waals surface area contributed by atoms with Crippen molar-refractivity contribution >= 4 is 23.4 Å². The highest BCUT2D eigenvalue weighted by atomic mass is 16.5. The molecule has 0 aliphatic carbocycles. The topological polar surface area (TPSA) is 177 Å². The number of ether oxygens (including phenoxy) is 1. The van der Waals surface area contributed by atoms with E-state index in [4.69, 9.17) is 33.2 Å². The number of nitrogens with two attached hydrogens (primary N) is 4. The van der Waals surface area contributed by atoms with Crippen LogP contribution in [0.5, 0.6) is 5.75 Å². The first-order chi connectivity index (χ1) is 14.3. The molecule has 0 fully saturated rings. The summed E-state index contributed by atoms with van der Waals surface area (Å²) in [4.78, 5) is 4.53. The van der Waals surface area contributed by atoms with Gasteiger partial charge in [0.2, 0.25) is 0 Å². The number of aliphatic imine (C=N–C) groups is 1. The van der Waals surface area contributed by atoms with Gasteiger partial charge < -0.3 is 38.0 Å². The zero-order valence-corrected chi connectivity index (χ0v) is 17.1. The average molecular weight is 412 g/mol. The monoisotopic (exact) mass is 411 g/mol. The Balaban J connectivity index is 2.05. The number of hydrazine groups is 1. The second-order valence-corrected chi connectivity index (χ2v) is 7.23. The molecule has 3 rings (SSSR count). The van der Waals surface area contributed by atoms with E-state index >= 15 is 0 Å². The van der Waals surface area contributed by atoms with Crippen LogP contribution in [-0.2, 0) is 0 Å². The maximum absolute atomic E-state index is 7.64. The van der Waals surface area contributed by atoms with Gasteiger partial charge in [-0.2, -0.15) is 0 Å². The van der Waals surface area contributed by atoms with Crippen LogP contribution < -0.4 is 43.4 Å². The molecular formula is C20H29N9O. The summed E-state index contributed by atoms with van der Waals surface area (Å²) in [6.45, 7) is 4.66. The quantitative estimate of drug-likeness (QED) is 0.150. The molecule has 0 spiro atoms. The van der Waals surface area contributed by atoms with Gasteiger partial charge in [-0.1, -0.05) is 6.08 Å². The van der Waals surface area contributed by atoms with Crippen molar-refractivity contribution in [3.05, 3.63) is 53.0 Å². The smallest absolute Gasteiger partial charge is 0.153 e. The maximum Gasteiger partial charge on any atom is 0.153 e. The Morgan fingerprint density at radius 1 is 1.30 bits per heavy atom. The van der Waals surface area contributed by atoms with E-state index in [9.17, 15) is 0 Å². The van der Waals surface area contributed by atoms with Gasteiger partial charge in [-0.3, -0.25) is 5.01 Å². The molecule has 1 atom stereocenters. The normalized spacial score (nSPS) is 17.0. The fourth-order valence-electron chi connectivity index (χ4n) is 3.26. The highest BCUT2D eigenvalue weighted by Gasteiger charge is 2.30. The number of nitrogens with one attached hydrogen (secondary N) is 3. The number of dihydropyridines is 1. The van der Waals surface area contributed by atoms with Crippen LogP contribution in [0.4, 0.5) is 11.4 Å². The maximum atomic E-state index is 7.64. The molecule has 10 nitrogen and oxygen atoms in total. The number of nitrogens with zero attached hydrogens (tertiary/aromatic N) is 2. The molecular weight excluding hydrogens is 382 g/mol. The third-order valence-electron chi connectivity index (χ3n) is 4.74. The number of rotatable bonds is 6. The number of anilines is 2. The third-order valence-corrected chi connectivity index (χ3v) is 4.74. The Morgan fingerprint density at radius 3 is 2.70 bits per heavy atom. The minimum absolute atomic E-state index is 0.107. The number of hydrogen-bond acceptors (Lipinski definition) is 10. The molecule has 1 aromatic carbocycles. The standard InChI is InChI=1S/C20H29N9O/c1-11(2)30-16-7-14(22)13(8-21)6-15(16)29(25)20-17(19(24)27-10-28-20)18(23)12-4-3-5-26-9-12/h3-8,11,18,21,26-27H,9-10,22-25H2,1-2H3. The number of amidine groups is 1. The summed E-state index contributed by atoms with van der Waals surface area (Å²) in [7, 11) is 0. The van der Waals surface area contributed by atoms with Gasteiger partial charge in [0.1, 0.15) is 23.9 Å². The lowest BCUT2D eigenvalue weighted by atomic mass is 9.95. The lowest BCUT2D eigenvalue weighted by Crippen LogP contribution is -2.49. The summed E-state index contributed by atoms with van der Waals surface area (Å²) in [5.41, 5.74) is 21.8. The highest BCUT2D eigenvalue weighted by molar-refractivity contribution is 6.12. The molecule has 2 aliphatic heterocycles. The van der Waals surface area contributed by atoms with E-state index in [0.29, 0.717) is 46.5 Å². The van der Waals surface area contributed by atoms with Crippen LogP contribution in [0.2, 0.25) is 0 Å². The van der Waals surface area contributed by atoms with E-state index in [1.54, 1.807) is 12.1 Å². The molecule has 1 unspecified atom stereocenters. The second-order valence-electron chi connectivity index (χ2n) is 7.23. The minimum Gasteiger partial charge on any atom is -0.489 e. The molecule has 0 radical (unpaired) electrons. The van der Waals surface area contributed by atoms with Gasteiger partial charge in [0.25, 0.3) is 0 Å². The van der Waals surface area contributed by atoms with Gasteiger partial charge in [-0.25, -0.2) is 10.8 Å². The predicted molar refractivity (Wildman–Crippen MR) is 121 cm³/mol. The number of hydrogen-bond donors (Lipinski definition) is 7. The summed E-state index contributed by atoms with van der Waals surface area (Å²) in [6.07, 6.45) is 6.73. The Morgan fingerprint density at radius 2 is 2.07 bits per heavy atom. The fourth-order valence-corrected chi connectivity index (χ4v) is 3.26. The van der Waals surface area contributed by atoms with E-state index < -0.39 is 6.04 Å². The minimum atomic E-state index is -0.523. The highest BCUT2D eigenvalue weighted by Crippen LogP contribution is 2.34. The zero-order chi connectivity index (χ0) is 21.8. The molecule has 160 valence electrons. The van der Waals surface area contributed by atoms with Crippen molar-refractivity contribution in [3.8, 4) is 5.75 Å². The Kier molecular flexibility index (Phi) is 6.28. The van der Waals surface area contributed by atoms with Crippen molar-refractivity contribution in [2.75, 3.05) is 24.0 Å². The van der Waals surface area contributed by atoms with E-state index in [1.807, 2.05) is 32.2 Å². The molecule has 0 saturated heterocycles. The Hall–Kier alpha value is -3.50. The lowest BCUT2D eigenvalue weighted by molar-refractivity contribution is 0.243. The summed E-state index contributed by atoms with van der Waals surface area (Å²) >= 11 is 0. The Bertz CT molecular complexity index is 946. The van der Waals surface area contributed by atoms with Gasteiger partial charge >= 0.3 is 0 Å². The molecule has 2 aliphatic rings. The molecule has 0 saturated carbocycles. The molecule has 2 heterocycles. The van der Waals surface area contributed by atoms with Crippen molar-refractivity contribution in [2.45, 2.75) is 26.0 Å². The molecule has 11 N–H and O–H groups in total. The average Bonchev–Trinajstić information content (AvgIpc) is 2.73.